The monoisotopic (exact) mass is 515 g/mol. The number of fused-ring (bicyclic) bond motifs is 1. The molecule has 3 aromatic rings. The van der Waals surface area contributed by atoms with E-state index in [4.69, 9.17) is 0 Å². The van der Waals surface area contributed by atoms with Crippen LogP contribution in [0.3, 0.4) is 0 Å². The number of hydrogen-bond donors (Lipinski definition) is 3. The van der Waals surface area contributed by atoms with Crippen molar-refractivity contribution < 1.29 is 23.6 Å². The smallest absolute Gasteiger partial charge is 0.319 e. The van der Waals surface area contributed by atoms with Gasteiger partial charge in [0.15, 0.2) is 0 Å². The third-order valence-corrected chi connectivity index (χ3v) is 6.85. The molecule has 10 heteroatoms. The molecule has 1 fully saturated rings. The molecule has 0 aliphatic carbocycles. The van der Waals surface area contributed by atoms with E-state index in [9.17, 15) is 23.6 Å². The Bertz CT molecular complexity index is 1450. The van der Waals surface area contributed by atoms with Crippen LogP contribution in [0.2, 0.25) is 0 Å². The number of carbonyl (C=O) groups is 4. The minimum atomic E-state index is -0.724. The van der Waals surface area contributed by atoms with Gasteiger partial charge in [-0.15, -0.1) is 0 Å². The Labute approximate surface area is 218 Å². The number of piperidine rings is 1. The summed E-state index contributed by atoms with van der Waals surface area (Å²) in [6.07, 6.45) is 3.21. The molecular weight excluding hydrogens is 489 g/mol. The van der Waals surface area contributed by atoms with Gasteiger partial charge < -0.3 is 15.5 Å². The van der Waals surface area contributed by atoms with Crippen molar-refractivity contribution in [3.63, 3.8) is 0 Å². The van der Waals surface area contributed by atoms with Crippen molar-refractivity contribution in [1.29, 1.82) is 0 Å². The molecule has 194 valence electrons. The van der Waals surface area contributed by atoms with E-state index in [2.05, 4.69) is 20.9 Å². The highest BCUT2D eigenvalue weighted by Crippen LogP contribution is 2.30. The van der Waals surface area contributed by atoms with Crippen molar-refractivity contribution in [2.75, 3.05) is 5.32 Å². The number of halogens is 1. The summed E-state index contributed by atoms with van der Waals surface area (Å²) in [7, 11) is 0. The SMILES string of the molecule is CC(C)(NC(=O)Nc1ccc2c(c1)CN(C1CCC(=O)NC1=O)C2=O)c1ccc(-c2cncc(F)c2)cc1. The quantitative estimate of drug-likeness (QED) is 0.448. The van der Waals surface area contributed by atoms with Crippen LogP contribution < -0.4 is 16.0 Å². The van der Waals surface area contributed by atoms with Gasteiger partial charge in [0.1, 0.15) is 11.9 Å². The lowest BCUT2D eigenvalue weighted by molar-refractivity contribution is -0.136. The molecule has 0 saturated carbocycles. The van der Waals surface area contributed by atoms with Crippen LogP contribution in [0.25, 0.3) is 11.1 Å². The zero-order chi connectivity index (χ0) is 27.0. The van der Waals surface area contributed by atoms with Gasteiger partial charge in [-0.2, -0.15) is 0 Å². The number of nitrogens with one attached hydrogen (secondary N) is 3. The molecule has 1 atom stereocenters. The zero-order valence-corrected chi connectivity index (χ0v) is 20.9. The number of hydrogen-bond acceptors (Lipinski definition) is 5. The molecule has 38 heavy (non-hydrogen) atoms. The van der Waals surface area contributed by atoms with Gasteiger partial charge in [-0.05, 0) is 61.2 Å². The highest BCUT2D eigenvalue weighted by atomic mass is 19.1. The lowest BCUT2D eigenvalue weighted by Crippen LogP contribution is -2.52. The summed E-state index contributed by atoms with van der Waals surface area (Å²) in [5.74, 6) is -1.49. The maximum Gasteiger partial charge on any atom is 0.319 e. The van der Waals surface area contributed by atoms with E-state index in [1.165, 1.54) is 11.0 Å². The summed E-state index contributed by atoms with van der Waals surface area (Å²) >= 11 is 0. The highest BCUT2D eigenvalue weighted by molar-refractivity contribution is 6.05. The van der Waals surface area contributed by atoms with Gasteiger partial charge in [0.05, 0.1) is 11.7 Å². The molecular formula is C28H26FN5O4. The fraction of sp³-hybridized carbons (Fsp3) is 0.250. The largest absolute Gasteiger partial charge is 0.329 e. The number of nitrogens with zero attached hydrogens (tertiary/aromatic N) is 2. The molecule has 2 aromatic carbocycles. The molecule has 9 nitrogen and oxygen atoms in total. The van der Waals surface area contributed by atoms with Gasteiger partial charge in [0.2, 0.25) is 11.8 Å². The maximum absolute atomic E-state index is 13.5. The van der Waals surface area contributed by atoms with E-state index in [-0.39, 0.29) is 31.2 Å². The normalized spacial score (nSPS) is 17.2. The van der Waals surface area contributed by atoms with Crippen LogP contribution in [-0.4, -0.2) is 39.7 Å². The van der Waals surface area contributed by atoms with Crippen molar-refractivity contribution in [1.82, 2.24) is 20.5 Å². The number of urea groups is 1. The molecule has 1 saturated heterocycles. The predicted octanol–water partition coefficient (Wildman–Crippen LogP) is 3.71. The van der Waals surface area contributed by atoms with Crippen molar-refractivity contribution >= 4 is 29.4 Å². The number of anilines is 1. The topological polar surface area (TPSA) is 120 Å². The predicted molar refractivity (Wildman–Crippen MR) is 137 cm³/mol. The first kappa shape index (κ1) is 25.1. The minimum Gasteiger partial charge on any atom is -0.329 e. The number of imide groups is 1. The first-order valence-corrected chi connectivity index (χ1v) is 12.2. The third kappa shape index (κ3) is 4.97. The van der Waals surface area contributed by atoms with Crippen molar-refractivity contribution in [3.05, 3.63) is 83.4 Å². The Morgan fingerprint density at radius 1 is 1.05 bits per heavy atom. The second-order valence-electron chi connectivity index (χ2n) is 9.95. The van der Waals surface area contributed by atoms with E-state index in [0.29, 0.717) is 22.4 Å². The van der Waals surface area contributed by atoms with Gasteiger partial charge in [0, 0.05) is 36.0 Å². The maximum atomic E-state index is 13.5. The summed E-state index contributed by atoms with van der Waals surface area (Å²) in [6, 6.07) is 12.7. The Balaban J connectivity index is 1.24. The number of aromatic nitrogens is 1. The second kappa shape index (κ2) is 9.70. The number of rotatable bonds is 5. The molecule has 3 heterocycles. The number of carbonyl (C=O) groups excluding carboxylic acids is 4. The van der Waals surface area contributed by atoms with Gasteiger partial charge >= 0.3 is 6.03 Å². The lowest BCUT2D eigenvalue weighted by atomic mass is 9.92. The molecule has 0 bridgehead atoms. The Kier molecular flexibility index (Phi) is 6.40. The average molecular weight is 516 g/mol. The summed E-state index contributed by atoms with van der Waals surface area (Å²) in [4.78, 5) is 54.8. The number of pyridine rings is 1. The van der Waals surface area contributed by atoms with E-state index < -0.39 is 29.3 Å². The van der Waals surface area contributed by atoms with Crippen molar-refractivity contribution in [2.24, 2.45) is 0 Å². The zero-order valence-electron chi connectivity index (χ0n) is 20.9. The van der Waals surface area contributed by atoms with Crippen LogP contribution in [0.5, 0.6) is 0 Å². The van der Waals surface area contributed by atoms with Crippen LogP contribution >= 0.6 is 0 Å². The molecule has 3 N–H and O–H groups in total. The molecule has 0 radical (unpaired) electrons. The van der Waals surface area contributed by atoms with Gasteiger partial charge in [-0.3, -0.25) is 24.7 Å². The minimum absolute atomic E-state index is 0.185. The number of amides is 5. The molecule has 2 aliphatic rings. The lowest BCUT2D eigenvalue weighted by Gasteiger charge is -2.29. The fourth-order valence-electron chi connectivity index (χ4n) is 4.82. The summed E-state index contributed by atoms with van der Waals surface area (Å²) in [5, 5.41) is 8.05. The van der Waals surface area contributed by atoms with Gasteiger partial charge in [0.25, 0.3) is 5.91 Å². The molecule has 5 amide bonds. The first-order chi connectivity index (χ1) is 18.1. The average Bonchev–Trinajstić information content (AvgIpc) is 3.19. The summed E-state index contributed by atoms with van der Waals surface area (Å²) in [6.45, 7) is 3.95. The van der Waals surface area contributed by atoms with E-state index >= 15 is 0 Å². The van der Waals surface area contributed by atoms with E-state index in [1.807, 2.05) is 38.1 Å². The van der Waals surface area contributed by atoms with E-state index in [0.717, 1.165) is 17.3 Å². The Morgan fingerprint density at radius 3 is 2.53 bits per heavy atom. The third-order valence-electron chi connectivity index (χ3n) is 6.85. The van der Waals surface area contributed by atoms with Crippen LogP contribution in [0.1, 0.15) is 48.2 Å². The van der Waals surface area contributed by atoms with E-state index in [1.54, 1.807) is 24.4 Å². The van der Waals surface area contributed by atoms with Crippen LogP contribution in [0.4, 0.5) is 14.9 Å². The standard InChI is InChI=1S/C28H26FN5O4/c1-28(2,19-5-3-16(4-6-19)17-11-20(29)14-30-13-17)33-27(38)31-21-7-8-22-18(12-21)15-34(26(22)37)23-9-10-24(35)32-25(23)36/h3-8,11-14,23H,9-10,15H2,1-2H3,(H2,31,33,38)(H,32,35,36). The Hall–Kier alpha value is -4.60. The van der Waals surface area contributed by atoms with Crippen molar-refractivity contribution in [3.8, 4) is 11.1 Å². The van der Waals surface area contributed by atoms with Crippen LogP contribution in [0, 0.1) is 5.82 Å². The second-order valence-corrected chi connectivity index (χ2v) is 9.95. The van der Waals surface area contributed by atoms with Crippen molar-refractivity contribution in [2.45, 2.75) is 44.8 Å². The molecule has 1 aromatic heterocycles. The molecule has 0 spiro atoms. The molecule has 2 aliphatic heterocycles. The summed E-state index contributed by atoms with van der Waals surface area (Å²) < 4.78 is 13.5. The first-order valence-electron chi connectivity index (χ1n) is 12.2. The summed E-state index contributed by atoms with van der Waals surface area (Å²) in [5.41, 5.74) is 3.25. The Morgan fingerprint density at radius 2 is 1.82 bits per heavy atom. The highest BCUT2D eigenvalue weighted by Gasteiger charge is 2.39. The fourth-order valence-corrected chi connectivity index (χ4v) is 4.82. The van der Waals surface area contributed by atoms with Crippen LogP contribution in [0.15, 0.2) is 60.9 Å². The van der Waals surface area contributed by atoms with Gasteiger partial charge in [-0.25, -0.2) is 9.18 Å². The molecule has 5 rings (SSSR count). The van der Waals surface area contributed by atoms with Crippen LogP contribution in [-0.2, 0) is 21.7 Å². The molecule has 1 unspecified atom stereocenters. The number of benzene rings is 2. The van der Waals surface area contributed by atoms with Gasteiger partial charge in [-0.1, -0.05) is 24.3 Å².